The Kier molecular flexibility index (Phi) is 8.50. The highest BCUT2D eigenvalue weighted by atomic mass is 28.3. The second kappa shape index (κ2) is 9.92. The minimum atomic E-state index is -1.81. The molecule has 0 bridgehead atoms. The van der Waals surface area contributed by atoms with Gasteiger partial charge in [0, 0.05) is 13.2 Å². The molecule has 2 nitrogen and oxygen atoms in total. The van der Waals surface area contributed by atoms with Crippen molar-refractivity contribution in [1.29, 1.82) is 0 Å². The maximum atomic E-state index is 6.08. The maximum absolute atomic E-state index is 6.08. The zero-order valence-electron chi connectivity index (χ0n) is 13.2. The Hall–Kier alpha value is -0.903. The smallest absolute Gasteiger partial charge is 0.356 e. The third-order valence-corrected chi connectivity index (χ3v) is 5.30. The highest BCUT2D eigenvalue weighted by molar-refractivity contribution is 6.62. The first-order chi connectivity index (χ1) is 9.70. The van der Waals surface area contributed by atoms with Crippen molar-refractivity contribution in [2.75, 3.05) is 13.2 Å². The van der Waals surface area contributed by atoms with Gasteiger partial charge in [0.2, 0.25) is 0 Å². The van der Waals surface area contributed by atoms with E-state index in [2.05, 4.69) is 44.7 Å². The first-order valence-electron chi connectivity index (χ1n) is 7.68. The molecule has 0 aliphatic carbocycles. The van der Waals surface area contributed by atoms with E-state index in [0.717, 1.165) is 44.5 Å². The fourth-order valence-corrected chi connectivity index (χ4v) is 4.07. The van der Waals surface area contributed by atoms with Crippen LogP contribution in [0.15, 0.2) is 30.8 Å². The van der Waals surface area contributed by atoms with Crippen LogP contribution < -0.4 is 5.19 Å². The Morgan fingerprint density at radius 2 is 1.60 bits per heavy atom. The number of unbranched alkanes of at least 4 members (excludes halogenated alkanes) is 2. The third kappa shape index (κ3) is 5.61. The van der Waals surface area contributed by atoms with Crippen LogP contribution in [0.3, 0.4) is 0 Å². The molecule has 1 aromatic rings. The molecular formula is C17H28O2Si. The lowest BCUT2D eigenvalue weighted by atomic mass is 10.1. The minimum absolute atomic E-state index is 0.796. The molecule has 0 atom stereocenters. The summed E-state index contributed by atoms with van der Waals surface area (Å²) in [6.07, 6.45) is 4.49. The normalized spacial score (nSPS) is 11.0. The molecule has 1 rings (SSSR count). The largest absolute Gasteiger partial charge is 0.393 e. The van der Waals surface area contributed by atoms with Gasteiger partial charge in [-0.25, -0.2) is 0 Å². The van der Waals surface area contributed by atoms with Crippen LogP contribution in [-0.4, -0.2) is 22.5 Å². The summed E-state index contributed by atoms with van der Waals surface area (Å²) < 4.78 is 12.2. The van der Waals surface area contributed by atoms with Crippen molar-refractivity contribution in [3.05, 3.63) is 36.4 Å². The van der Waals surface area contributed by atoms with Gasteiger partial charge in [0.15, 0.2) is 0 Å². The van der Waals surface area contributed by atoms with E-state index in [1.165, 1.54) is 10.8 Å². The van der Waals surface area contributed by atoms with E-state index in [0.29, 0.717) is 0 Å². The lowest BCUT2D eigenvalue weighted by Crippen LogP contribution is -2.39. The Balaban J connectivity index is 2.81. The molecule has 112 valence electrons. The molecular weight excluding hydrogens is 264 g/mol. The van der Waals surface area contributed by atoms with Gasteiger partial charge in [0.1, 0.15) is 0 Å². The summed E-state index contributed by atoms with van der Waals surface area (Å²) in [6, 6.07) is 8.37. The molecule has 0 N–H and O–H groups in total. The van der Waals surface area contributed by atoms with Crippen molar-refractivity contribution in [2.24, 2.45) is 0 Å². The second-order valence-electron chi connectivity index (χ2n) is 5.15. The summed E-state index contributed by atoms with van der Waals surface area (Å²) in [7, 11) is -1.81. The first-order valence-corrected chi connectivity index (χ1v) is 9.20. The zero-order valence-corrected chi connectivity index (χ0v) is 14.3. The predicted molar refractivity (Wildman–Crippen MR) is 89.7 cm³/mol. The molecule has 0 amide bonds. The molecule has 0 saturated heterocycles. The molecule has 0 spiro atoms. The average molecular weight is 292 g/mol. The number of rotatable bonds is 10. The van der Waals surface area contributed by atoms with Gasteiger partial charge in [-0.15, -0.1) is 0 Å². The van der Waals surface area contributed by atoms with Crippen molar-refractivity contribution in [2.45, 2.75) is 46.5 Å². The van der Waals surface area contributed by atoms with Crippen LogP contribution in [-0.2, 0) is 8.85 Å². The van der Waals surface area contributed by atoms with Crippen LogP contribution in [0, 0.1) is 0 Å². The SMILES string of the molecule is C=C(C)c1ccccc1[SiH](OCCCC)OCCCC. The van der Waals surface area contributed by atoms with Crippen LogP contribution in [0.25, 0.3) is 5.57 Å². The zero-order chi connectivity index (χ0) is 14.8. The molecule has 0 unspecified atom stereocenters. The monoisotopic (exact) mass is 292 g/mol. The summed E-state index contributed by atoms with van der Waals surface area (Å²) >= 11 is 0. The predicted octanol–water partition coefficient (Wildman–Crippen LogP) is 3.78. The van der Waals surface area contributed by atoms with Crippen LogP contribution in [0.2, 0.25) is 0 Å². The molecule has 20 heavy (non-hydrogen) atoms. The Morgan fingerprint density at radius 1 is 1.05 bits per heavy atom. The maximum Gasteiger partial charge on any atom is 0.356 e. The van der Waals surface area contributed by atoms with Gasteiger partial charge in [-0.3, -0.25) is 0 Å². The average Bonchev–Trinajstić information content (AvgIpc) is 2.46. The molecule has 0 radical (unpaired) electrons. The number of hydrogen-bond donors (Lipinski definition) is 0. The van der Waals surface area contributed by atoms with E-state index in [1.807, 2.05) is 6.92 Å². The van der Waals surface area contributed by atoms with Crippen molar-refractivity contribution in [1.82, 2.24) is 0 Å². The highest BCUT2D eigenvalue weighted by Gasteiger charge is 2.20. The standard InChI is InChI=1S/C17H28O2Si/c1-5-7-13-18-20(19-14-8-6-2)17-12-10-9-11-16(17)15(3)4/h9-12,20H,3,5-8,13-14H2,1-2,4H3. The topological polar surface area (TPSA) is 18.5 Å². The number of allylic oxidation sites excluding steroid dienone is 1. The Morgan fingerprint density at radius 3 is 2.10 bits per heavy atom. The lowest BCUT2D eigenvalue weighted by molar-refractivity contribution is 0.202. The van der Waals surface area contributed by atoms with E-state index in [1.54, 1.807) is 0 Å². The van der Waals surface area contributed by atoms with Crippen molar-refractivity contribution >= 4 is 20.0 Å². The molecule has 0 saturated carbocycles. The molecule has 0 aromatic heterocycles. The van der Waals surface area contributed by atoms with Gasteiger partial charge in [0.05, 0.1) is 0 Å². The van der Waals surface area contributed by atoms with Crippen molar-refractivity contribution < 1.29 is 8.85 Å². The number of hydrogen-bond acceptors (Lipinski definition) is 2. The van der Waals surface area contributed by atoms with Gasteiger partial charge in [-0.1, -0.05) is 63.1 Å². The molecule has 1 aromatic carbocycles. The van der Waals surface area contributed by atoms with Gasteiger partial charge in [0.25, 0.3) is 0 Å². The van der Waals surface area contributed by atoms with Crippen LogP contribution in [0.1, 0.15) is 52.0 Å². The van der Waals surface area contributed by atoms with E-state index >= 15 is 0 Å². The molecule has 0 heterocycles. The fourth-order valence-electron chi connectivity index (χ4n) is 1.99. The summed E-state index contributed by atoms with van der Waals surface area (Å²) in [5, 5.41) is 1.23. The van der Waals surface area contributed by atoms with Gasteiger partial charge in [-0.2, -0.15) is 0 Å². The van der Waals surface area contributed by atoms with E-state index in [-0.39, 0.29) is 0 Å². The quantitative estimate of drug-likeness (QED) is 0.482. The fraction of sp³-hybridized carbons (Fsp3) is 0.529. The number of benzene rings is 1. The van der Waals surface area contributed by atoms with E-state index in [9.17, 15) is 0 Å². The van der Waals surface area contributed by atoms with Gasteiger partial charge in [-0.05, 0) is 30.5 Å². The Bertz CT molecular complexity index is 394. The first kappa shape index (κ1) is 17.1. The van der Waals surface area contributed by atoms with Crippen molar-refractivity contribution in [3.63, 3.8) is 0 Å². The van der Waals surface area contributed by atoms with Crippen molar-refractivity contribution in [3.8, 4) is 0 Å². The Labute approximate surface area is 125 Å². The molecule has 0 aliphatic heterocycles. The van der Waals surface area contributed by atoms with Gasteiger partial charge >= 0.3 is 9.28 Å². The molecule has 0 aliphatic rings. The highest BCUT2D eigenvalue weighted by Crippen LogP contribution is 2.11. The summed E-state index contributed by atoms with van der Waals surface area (Å²) in [4.78, 5) is 0. The van der Waals surface area contributed by atoms with Crippen LogP contribution in [0.4, 0.5) is 0 Å². The summed E-state index contributed by atoms with van der Waals surface area (Å²) in [5.74, 6) is 0. The second-order valence-corrected chi connectivity index (χ2v) is 7.10. The van der Waals surface area contributed by atoms with E-state index in [4.69, 9.17) is 8.85 Å². The van der Waals surface area contributed by atoms with E-state index < -0.39 is 9.28 Å². The summed E-state index contributed by atoms with van der Waals surface area (Å²) in [6.45, 7) is 12.1. The van der Waals surface area contributed by atoms with Crippen LogP contribution in [0.5, 0.6) is 0 Å². The molecule has 3 heteroatoms. The third-order valence-electron chi connectivity index (χ3n) is 3.21. The van der Waals surface area contributed by atoms with Gasteiger partial charge < -0.3 is 8.85 Å². The lowest BCUT2D eigenvalue weighted by Gasteiger charge is -2.20. The molecule has 0 fully saturated rings. The van der Waals surface area contributed by atoms with Crippen LogP contribution >= 0.6 is 0 Å². The summed E-state index contributed by atoms with van der Waals surface area (Å²) in [5.41, 5.74) is 2.27. The minimum Gasteiger partial charge on any atom is -0.393 e.